The molecule has 1 aromatic rings. The molecule has 1 rings (SSSR count). The van der Waals surface area contributed by atoms with E-state index in [0.717, 1.165) is 38.2 Å². The second-order valence-corrected chi connectivity index (χ2v) is 4.20. The van der Waals surface area contributed by atoms with Crippen LogP contribution in [0.2, 0.25) is 0 Å². The highest BCUT2D eigenvalue weighted by Crippen LogP contribution is 2.11. The van der Waals surface area contributed by atoms with Crippen LogP contribution in [-0.4, -0.2) is 36.2 Å². The Hall–Kier alpha value is -1.36. The van der Waals surface area contributed by atoms with E-state index in [2.05, 4.69) is 34.4 Å². The summed E-state index contributed by atoms with van der Waals surface area (Å²) >= 11 is 0. The molecule has 5 nitrogen and oxygen atoms in total. The van der Waals surface area contributed by atoms with Gasteiger partial charge < -0.3 is 15.4 Å². The van der Waals surface area contributed by atoms with Gasteiger partial charge in [0.1, 0.15) is 0 Å². The summed E-state index contributed by atoms with van der Waals surface area (Å²) in [5, 5.41) is 6.52. The second-order valence-electron chi connectivity index (χ2n) is 4.20. The van der Waals surface area contributed by atoms with Crippen molar-refractivity contribution >= 4 is 5.95 Å². The molecule has 0 aromatic carbocycles. The minimum atomic E-state index is 0.638. The van der Waals surface area contributed by atoms with Crippen LogP contribution in [0.3, 0.4) is 0 Å². The predicted octanol–water partition coefficient (Wildman–Crippen LogP) is 1.99. The molecular weight excluding hydrogens is 228 g/mol. The first-order valence-electron chi connectivity index (χ1n) is 6.69. The first-order chi connectivity index (χ1) is 8.76. The lowest BCUT2D eigenvalue weighted by Crippen LogP contribution is -2.23. The Balaban J connectivity index is 2.41. The number of rotatable bonds is 9. The van der Waals surface area contributed by atoms with Gasteiger partial charge >= 0.3 is 0 Å². The van der Waals surface area contributed by atoms with Crippen LogP contribution >= 0.6 is 0 Å². The van der Waals surface area contributed by atoms with Gasteiger partial charge in [0.15, 0.2) is 0 Å². The van der Waals surface area contributed by atoms with Gasteiger partial charge in [-0.25, -0.2) is 4.98 Å². The smallest absolute Gasteiger partial charge is 0.226 e. The summed E-state index contributed by atoms with van der Waals surface area (Å²) in [5.41, 5.74) is 0.917. The van der Waals surface area contributed by atoms with Crippen LogP contribution in [0.4, 0.5) is 5.95 Å². The van der Waals surface area contributed by atoms with E-state index >= 15 is 0 Å². The van der Waals surface area contributed by atoms with Gasteiger partial charge in [-0.2, -0.15) is 4.98 Å². The van der Waals surface area contributed by atoms with E-state index in [1.807, 2.05) is 13.0 Å². The molecule has 0 atom stereocenters. The zero-order chi connectivity index (χ0) is 13.2. The molecule has 0 radical (unpaired) electrons. The van der Waals surface area contributed by atoms with Crippen LogP contribution in [0.25, 0.3) is 0 Å². The summed E-state index contributed by atoms with van der Waals surface area (Å²) in [7, 11) is 0. The van der Waals surface area contributed by atoms with Gasteiger partial charge in [-0.1, -0.05) is 13.8 Å². The summed E-state index contributed by atoms with van der Waals surface area (Å²) in [4.78, 5) is 8.65. The molecule has 0 aliphatic heterocycles. The molecule has 102 valence electrons. The van der Waals surface area contributed by atoms with E-state index in [0.29, 0.717) is 18.4 Å². The largest absolute Gasteiger partial charge is 0.478 e. The maximum absolute atomic E-state index is 5.51. The van der Waals surface area contributed by atoms with Gasteiger partial charge in [-0.05, 0) is 26.3 Å². The van der Waals surface area contributed by atoms with Gasteiger partial charge in [0.25, 0.3) is 0 Å². The van der Waals surface area contributed by atoms with Crippen molar-refractivity contribution in [3.05, 3.63) is 11.8 Å². The first kappa shape index (κ1) is 14.7. The predicted molar refractivity (Wildman–Crippen MR) is 74.2 cm³/mol. The average molecular weight is 252 g/mol. The summed E-state index contributed by atoms with van der Waals surface area (Å²) in [6.45, 7) is 9.64. The van der Waals surface area contributed by atoms with Gasteiger partial charge in [0.2, 0.25) is 11.8 Å². The van der Waals surface area contributed by atoms with Gasteiger partial charge in [-0.3, -0.25) is 0 Å². The maximum atomic E-state index is 5.51. The Morgan fingerprint density at radius 3 is 2.67 bits per heavy atom. The molecule has 0 aliphatic carbocycles. The van der Waals surface area contributed by atoms with Crippen molar-refractivity contribution < 1.29 is 4.74 Å². The normalized spacial score (nSPS) is 10.4. The molecule has 1 heterocycles. The van der Waals surface area contributed by atoms with Crippen LogP contribution in [-0.2, 0) is 0 Å². The molecule has 0 amide bonds. The Morgan fingerprint density at radius 2 is 1.94 bits per heavy atom. The average Bonchev–Trinajstić information content (AvgIpc) is 2.35. The minimum Gasteiger partial charge on any atom is -0.478 e. The van der Waals surface area contributed by atoms with Crippen LogP contribution in [0.1, 0.15) is 32.4 Å². The number of aromatic nitrogens is 2. The van der Waals surface area contributed by atoms with Crippen molar-refractivity contribution in [1.82, 2.24) is 15.3 Å². The van der Waals surface area contributed by atoms with Crippen molar-refractivity contribution in [3.63, 3.8) is 0 Å². The van der Waals surface area contributed by atoms with E-state index < -0.39 is 0 Å². The summed E-state index contributed by atoms with van der Waals surface area (Å²) in [5.74, 6) is 1.28. The molecule has 0 spiro atoms. The van der Waals surface area contributed by atoms with Crippen LogP contribution in [0, 0.1) is 6.92 Å². The monoisotopic (exact) mass is 252 g/mol. The standard InChI is InChI=1S/C13H24N4O/c1-4-6-14-7-8-15-13-16-11(3)10-12(17-13)18-9-5-2/h10,14H,4-9H2,1-3H3,(H,15,16,17). The quantitative estimate of drug-likeness (QED) is 0.658. The van der Waals surface area contributed by atoms with Crippen molar-refractivity contribution in [2.24, 2.45) is 0 Å². The molecule has 0 fully saturated rings. The Kier molecular flexibility index (Phi) is 7.10. The van der Waals surface area contributed by atoms with Crippen molar-refractivity contribution in [1.29, 1.82) is 0 Å². The molecule has 1 aromatic heterocycles. The van der Waals surface area contributed by atoms with E-state index in [9.17, 15) is 0 Å². The van der Waals surface area contributed by atoms with Gasteiger partial charge in [-0.15, -0.1) is 0 Å². The number of aryl methyl sites for hydroxylation is 1. The van der Waals surface area contributed by atoms with Crippen LogP contribution in [0.15, 0.2) is 6.07 Å². The molecule has 2 N–H and O–H groups in total. The van der Waals surface area contributed by atoms with Crippen LogP contribution in [0.5, 0.6) is 5.88 Å². The molecule has 0 bridgehead atoms. The van der Waals surface area contributed by atoms with Crippen molar-refractivity contribution in [2.45, 2.75) is 33.6 Å². The van der Waals surface area contributed by atoms with Crippen LogP contribution < -0.4 is 15.4 Å². The number of nitrogens with one attached hydrogen (secondary N) is 2. The van der Waals surface area contributed by atoms with E-state index in [1.165, 1.54) is 0 Å². The first-order valence-corrected chi connectivity index (χ1v) is 6.69. The van der Waals surface area contributed by atoms with E-state index in [4.69, 9.17) is 4.74 Å². The highest BCUT2D eigenvalue weighted by molar-refractivity contribution is 5.30. The van der Waals surface area contributed by atoms with Crippen molar-refractivity contribution in [2.75, 3.05) is 31.6 Å². The summed E-state index contributed by atoms with van der Waals surface area (Å²) in [6.07, 6.45) is 2.13. The third kappa shape index (κ3) is 5.82. The molecule has 0 unspecified atom stereocenters. The third-order valence-corrected chi connectivity index (χ3v) is 2.30. The summed E-state index contributed by atoms with van der Waals surface area (Å²) in [6, 6.07) is 1.86. The fourth-order valence-electron chi connectivity index (χ4n) is 1.46. The highest BCUT2D eigenvalue weighted by atomic mass is 16.5. The lowest BCUT2D eigenvalue weighted by molar-refractivity contribution is 0.305. The third-order valence-electron chi connectivity index (χ3n) is 2.30. The van der Waals surface area contributed by atoms with E-state index in [1.54, 1.807) is 0 Å². The summed E-state index contributed by atoms with van der Waals surface area (Å²) < 4.78 is 5.51. The Bertz CT molecular complexity index is 344. The lowest BCUT2D eigenvalue weighted by Gasteiger charge is -2.09. The zero-order valence-electron chi connectivity index (χ0n) is 11.6. The molecule has 18 heavy (non-hydrogen) atoms. The lowest BCUT2D eigenvalue weighted by atomic mass is 10.4. The highest BCUT2D eigenvalue weighted by Gasteiger charge is 2.02. The number of ether oxygens (including phenoxy) is 1. The Labute approximate surface area is 109 Å². The van der Waals surface area contributed by atoms with Gasteiger partial charge in [0.05, 0.1) is 6.61 Å². The number of hydrogen-bond donors (Lipinski definition) is 2. The van der Waals surface area contributed by atoms with E-state index in [-0.39, 0.29) is 0 Å². The number of nitrogens with zero attached hydrogens (tertiary/aromatic N) is 2. The molecule has 5 heteroatoms. The SMILES string of the molecule is CCCNCCNc1nc(C)cc(OCCC)n1. The molecule has 0 saturated heterocycles. The zero-order valence-corrected chi connectivity index (χ0v) is 11.6. The fourth-order valence-corrected chi connectivity index (χ4v) is 1.46. The van der Waals surface area contributed by atoms with Crippen molar-refractivity contribution in [3.8, 4) is 5.88 Å². The molecule has 0 aliphatic rings. The number of hydrogen-bond acceptors (Lipinski definition) is 5. The second kappa shape index (κ2) is 8.69. The van der Waals surface area contributed by atoms with Gasteiger partial charge in [0, 0.05) is 24.8 Å². The molecular formula is C13H24N4O. The number of anilines is 1. The molecule has 0 saturated carbocycles. The fraction of sp³-hybridized carbons (Fsp3) is 0.692. The Morgan fingerprint density at radius 1 is 1.11 bits per heavy atom. The topological polar surface area (TPSA) is 59.1 Å². The minimum absolute atomic E-state index is 0.638. The maximum Gasteiger partial charge on any atom is 0.226 e.